The topological polar surface area (TPSA) is 39.4 Å². The molecule has 0 N–H and O–H groups in total. The van der Waals surface area contributed by atoms with Crippen molar-refractivity contribution in [3.05, 3.63) is 77.0 Å². The summed E-state index contributed by atoms with van der Waals surface area (Å²) in [6, 6.07) is 20.7. The zero-order chi connectivity index (χ0) is 15.8. The van der Waals surface area contributed by atoms with Crippen LogP contribution in [0.4, 0.5) is 0 Å². The first kappa shape index (κ1) is 13.6. The molecule has 1 aromatic heterocycles. The molecule has 0 amide bonds. The average Bonchev–Trinajstić information content (AvgIpc) is 2.61. The lowest BCUT2D eigenvalue weighted by atomic mass is 10.1. The molecule has 23 heavy (non-hydrogen) atoms. The van der Waals surface area contributed by atoms with E-state index in [-0.39, 0.29) is 5.43 Å². The van der Waals surface area contributed by atoms with Gasteiger partial charge >= 0.3 is 0 Å². The van der Waals surface area contributed by atoms with Gasteiger partial charge in [-0.2, -0.15) is 0 Å². The highest BCUT2D eigenvalue weighted by Gasteiger charge is 2.10. The maximum absolute atomic E-state index is 12.5. The molecule has 112 valence electrons. The molecule has 0 saturated carbocycles. The van der Waals surface area contributed by atoms with Crippen molar-refractivity contribution in [1.29, 1.82) is 0 Å². The second-order valence-corrected chi connectivity index (χ2v) is 5.37. The van der Waals surface area contributed by atoms with Crippen LogP contribution in [-0.4, -0.2) is 7.11 Å². The van der Waals surface area contributed by atoms with Gasteiger partial charge in [0.1, 0.15) is 17.1 Å². The lowest BCUT2D eigenvalue weighted by molar-refractivity contribution is 0.415. The standard InChI is InChI=1S/C20H14O3/c1-22-15-7-4-6-14(11-15)19-12-18(21)17-10-9-13-5-2-3-8-16(13)20(17)23-19/h2-12H,1H3. The van der Waals surface area contributed by atoms with Gasteiger partial charge < -0.3 is 9.15 Å². The van der Waals surface area contributed by atoms with Gasteiger partial charge in [0.25, 0.3) is 0 Å². The highest BCUT2D eigenvalue weighted by atomic mass is 16.5. The van der Waals surface area contributed by atoms with Gasteiger partial charge in [0, 0.05) is 17.0 Å². The molecule has 0 unspecified atom stereocenters. The molecule has 0 fully saturated rings. The van der Waals surface area contributed by atoms with E-state index in [0.717, 1.165) is 22.1 Å². The first-order valence-electron chi connectivity index (χ1n) is 7.36. The molecular weight excluding hydrogens is 288 g/mol. The highest BCUT2D eigenvalue weighted by Crippen LogP contribution is 2.29. The average molecular weight is 302 g/mol. The second kappa shape index (κ2) is 5.29. The Morgan fingerprint density at radius 2 is 1.74 bits per heavy atom. The number of rotatable bonds is 2. The summed E-state index contributed by atoms with van der Waals surface area (Å²) in [5.41, 5.74) is 1.39. The second-order valence-electron chi connectivity index (χ2n) is 5.37. The molecule has 0 saturated heterocycles. The van der Waals surface area contributed by atoms with E-state index in [1.54, 1.807) is 7.11 Å². The maximum atomic E-state index is 12.5. The van der Waals surface area contributed by atoms with Crippen LogP contribution in [0.15, 0.2) is 75.9 Å². The van der Waals surface area contributed by atoms with E-state index in [9.17, 15) is 4.79 Å². The van der Waals surface area contributed by atoms with Crippen molar-refractivity contribution in [2.75, 3.05) is 7.11 Å². The molecule has 3 nitrogen and oxygen atoms in total. The fourth-order valence-electron chi connectivity index (χ4n) is 2.80. The molecular formula is C20H14O3. The highest BCUT2D eigenvalue weighted by molar-refractivity contribution is 6.04. The van der Waals surface area contributed by atoms with Crippen molar-refractivity contribution < 1.29 is 9.15 Å². The van der Waals surface area contributed by atoms with Crippen LogP contribution in [0.25, 0.3) is 33.1 Å². The molecule has 0 aliphatic carbocycles. The predicted molar refractivity (Wildman–Crippen MR) is 92.0 cm³/mol. The number of hydrogen-bond acceptors (Lipinski definition) is 3. The van der Waals surface area contributed by atoms with Crippen LogP contribution >= 0.6 is 0 Å². The largest absolute Gasteiger partial charge is 0.497 e. The molecule has 4 rings (SSSR count). The van der Waals surface area contributed by atoms with Crippen molar-refractivity contribution >= 4 is 21.7 Å². The summed E-state index contributed by atoms with van der Waals surface area (Å²) in [5.74, 6) is 1.26. The van der Waals surface area contributed by atoms with Crippen LogP contribution in [0.5, 0.6) is 5.75 Å². The summed E-state index contributed by atoms with van der Waals surface area (Å²) in [6.07, 6.45) is 0. The molecule has 0 aliphatic rings. The fourth-order valence-corrected chi connectivity index (χ4v) is 2.80. The molecule has 0 aliphatic heterocycles. The van der Waals surface area contributed by atoms with Crippen LogP contribution < -0.4 is 10.2 Å². The van der Waals surface area contributed by atoms with Crippen LogP contribution in [0, 0.1) is 0 Å². The minimum Gasteiger partial charge on any atom is -0.497 e. The summed E-state index contributed by atoms with van der Waals surface area (Å²) < 4.78 is 11.3. The minimum atomic E-state index is -0.0465. The summed E-state index contributed by atoms with van der Waals surface area (Å²) in [4.78, 5) is 12.5. The van der Waals surface area contributed by atoms with Gasteiger partial charge in [-0.1, -0.05) is 42.5 Å². The Morgan fingerprint density at radius 3 is 2.61 bits per heavy atom. The van der Waals surface area contributed by atoms with Crippen LogP contribution in [-0.2, 0) is 0 Å². The first-order valence-corrected chi connectivity index (χ1v) is 7.36. The Balaban J connectivity index is 2.05. The lowest BCUT2D eigenvalue weighted by Crippen LogP contribution is -2.00. The van der Waals surface area contributed by atoms with Gasteiger partial charge in [-0.3, -0.25) is 4.79 Å². The van der Waals surface area contributed by atoms with Crippen LogP contribution in [0.1, 0.15) is 0 Å². The van der Waals surface area contributed by atoms with Crippen molar-refractivity contribution in [2.24, 2.45) is 0 Å². The summed E-state index contributed by atoms with van der Waals surface area (Å²) in [6.45, 7) is 0. The van der Waals surface area contributed by atoms with Gasteiger partial charge in [0.2, 0.25) is 0 Å². The monoisotopic (exact) mass is 302 g/mol. The predicted octanol–water partition coefficient (Wildman–Crippen LogP) is 4.62. The van der Waals surface area contributed by atoms with Gasteiger partial charge in [0.05, 0.1) is 12.5 Å². The Kier molecular flexibility index (Phi) is 3.12. The Labute approximate surface area is 132 Å². The Morgan fingerprint density at radius 1 is 0.870 bits per heavy atom. The van der Waals surface area contributed by atoms with Crippen molar-refractivity contribution in [1.82, 2.24) is 0 Å². The minimum absolute atomic E-state index is 0.0465. The number of hydrogen-bond donors (Lipinski definition) is 0. The van der Waals surface area contributed by atoms with E-state index in [1.165, 1.54) is 6.07 Å². The first-order chi connectivity index (χ1) is 11.3. The fraction of sp³-hybridized carbons (Fsp3) is 0.0500. The maximum Gasteiger partial charge on any atom is 0.193 e. The molecule has 0 bridgehead atoms. The third-order valence-corrected chi connectivity index (χ3v) is 3.97. The normalized spacial score (nSPS) is 11.0. The van der Waals surface area contributed by atoms with Gasteiger partial charge in [0.15, 0.2) is 5.43 Å². The van der Waals surface area contributed by atoms with Crippen LogP contribution in [0.3, 0.4) is 0 Å². The van der Waals surface area contributed by atoms with Gasteiger partial charge in [-0.15, -0.1) is 0 Å². The Bertz CT molecular complexity index is 1080. The van der Waals surface area contributed by atoms with E-state index in [4.69, 9.17) is 9.15 Å². The molecule has 0 radical (unpaired) electrons. The van der Waals surface area contributed by atoms with E-state index in [2.05, 4.69) is 0 Å². The van der Waals surface area contributed by atoms with Crippen molar-refractivity contribution in [3.63, 3.8) is 0 Å². The lowest BCUT2D eigenvalue weighted by Gasteiger charge is -2.07. The van der Waals surface area contributed by atoms with E-state index < -0.39 is 0 Å². The summed E-state index contributed by atoms with van der Waals surface area (Å²) >= 11 is 0. The summed E-state index contributed by atoms with van der Waals surface area (Å²) in [5, 5.41) is 2.58. The smallest absolute Gasteiger partial charge is 0.193 e. The zero-order valence-corrected chi connectivity index (χ0v) is 12.6. The van der Waals surface area contributed by atoms with Crippen molar-refractivity contribution in [2.45, 2.75) is 0 Å². The van der Waals surface area contributed by atoms with Gasteiger partial charge in [-0.05, 0) is 23.6 Å². The molecule has 0 atom stereocenters. The van der Waals surface area contributed by atoms with E-state index in [0.29, 0.717) is 16.7 Å². The number of methoxy groups -OCH3 is 1. The van der Waals surface area contributed by atoms with Gasteiger partial charge in [-0.25, -0.2) is 0 Å². The van der Waals surface area contributed by atoms with Crippen molar-refractivity contribution in [3.8, 4) is 17.1 Å². The third-order valence-electron chi connectivity index (χ3n) is 3.97. The number of benzene rings is 3. The molecule has 1 heterocycles. The van der Waals surface area contributed by atoms with Crippen LogP contribution in [0.2, 0.25) is 0 Å². The quantitative estimate of drug-likeness (QED) is 0.507. The number of fused-ring (bicyclic) bond motifs is 3. The zero-order valence-electron chi connectivity index (χ0n) is 12.6. The molecule has 3 heteroatoms. The molecule has 3 aromatic carbocycles. The SMILES string of the molecule is COc1cccc(-c2cc(=O)c3ccc4ccccc4c3o2)c1. The molecule has 0 spiro atoms. The third kappa shape index (κ3) is 2.27. The van der Waals surface area contributed by atoms with E-state index in [1.807, 2.05) is 60.7 Å². The number of ether oxygens (including phenoxy) is 1. The molecule has 4 aromatic rings. The Hall–Kier alpha value is -3.07. The summed E-state index contributed by atoms with van der Waals surface area (Å²) in [7, 11) is 1.61. The van der Waals surface area contributed by atoms with E-state index >= 15 is 0 Å².